The molecule has 2 rings (SSSR count). The summed E-state index contributed by atoms with van der Waals surface area (Å²) in [6, 6.07) is 11.9. The van der Waals surface area contributed by atoms with Crippen LogP contribution in [0.3, 0.4) is 0 Å². The lowest BCUT2D eigenvalue weighted by molar-refractivity contribution is 0.873. The summed E-state index contributed by atoms with van der Waals surface area (Å²) in [4.78, 5) is 0. The summed E-state index contributed by atoms with van der Waals surface area (Å²) in [6.45, 7) is 4.97. The van der Waals surface area contributed by atoms with Crippen LogP contribution in [-0.4, -0.2) is 11.7 Å². The predicted molar refractivity (Wildman–Crippen MR) is 110 cm³/mol. The van der Waals surface area contributed by atoms with Gasteiger partial charge in [-0.15, -0.1) is 0 Å². The molecule has 0 radical (unpaired) electrons. The van der Waals surface area contributed by atoms with Crippen LogP contribution in [-0.2, 0) is 19.3 Å². The first-order chi connectivity index (χ1) is 11.6. The van der Waals surface area contributed by atoms with Gasteiger partial charge in [0.2, 0.25) is 0 Å². The zero-order chi connectivity index (χ0) is 17.5. The van der Waals surface area contributed by atoms with Gasteiger partial charge in [-0.05, 0) is 60.3 Å². The molecule has 2 aromatic carbocycles. The number of anilines is 1. The largest absolute Gasteiger partial charge is 0.362 e. The highest BCUT2D eigenvalue weighted by Crippen LogP contribution is 2.25. The van der Waals surface area contributed by atoms with Crippen LogP contribution < -0.4 is 10.6 Å². The molecule has 0 aliphatic carbocycles. The fraction of sp³-hybridized carbons (Fsp3) is 0.316. The van der Waals surface area contributed by atoms with Gasteiger partial charge in [0.15, 0.2) is 5.11 Å². The maximum Gasteiger partial charge on any atom is 0.170 e. The molecule has 0 unspecified atom stereocenters. The Balaban J connectivity index is 1.97. The average molecular weight is 381 g/mol. The first-order valence-corrected chi connectivity index (χ1v) is 9.31. The van der Waals surface area contributed by atoms with Crippen molar-refractivity contribution in [3.63, 3.8) is 0 Å². The Hall–Kier alpha value is -1.29. The molecule has 0 heterocycles. The summed E-state index contributed by atoms with van der Waals surface area (Å²) in [5.74, 6) is 0. The topological polar surface area (TPSA) is 24.1 Å². The lowest BCUT2D eigenvalue weighted by atomic mass is 10.0. The Morgan fingerprint density at radius 2 is 1.50 bits per heavy atom. The molecular formula is C19H22Cl2N2S. The summed E-state index contributed by atoms with van der Waals surface area (Å²) in [7, 11) is 0. The Labute approximate surface area is 159 Å². The highest BCUT2D eigenvalue weighted by atomic mass is 35.5. The molecule has 2 aromatic rings. The molecule has 2 nitrogen and oxygen atoms in total. The maximum atomic E-state index is 6.19. The van der Waals surface area contributed by atoms with Crippen molar-refractivity contribution < 1.29 is 0 Å². The van der Waals surface area contributed by atoms with Crippen molar-refractivity contribution in [1.82, 2.24) is 5.32 Å². The van der Waals surface area contributed by atoms with Crippen LogP contribution in [0.5, 0.6) is 0 Å². The number of nitrogens with one attached hydrogen (secondary N) is 2. The quantitative estimate of drug-likeness (QED) is 0.633. The zero-order valence-electron chi connectivity index (χ0n) is 14.0. The molecule has 0 saturated carbocycles. The maximum absolute atomic E-state index is 6.19. The smallest absolute Gasteiger partial charge is 0.170 e. The molecule has 0 fully saturated rings. The minimum Gasteiger partial charge on any atom is -0.362 e. The van der Waals surface area contributed by atoms with Crippen molar-refractivity contribution >= 4 is 46.2 Å². The second-order valence-corrected chi connectivity index (χ2v) is 6.71. The van der Waals surface area contributed by atoms with Crippen molar-refractivity contribution in [3.05, 3.63) is 63.1 Å². The van der Waals surface area contributed by atoms with Gasteiger partial charge in [0.1, 0.15) is 0 Å². The second kappa shape index (κ2) is 9.26. The first kappa shape index (κ1) is 19.0. The number of aryl methyl sites for hydroxylation is 2. The zero-order valence-corrected chi connectivity index (χ0v) is 16.3. The van der Waals surface area contributed by atoms with Crippen molar-refractivity contribution in [2.24, 2.45) is 0 Å². The van der Waals surface area contributed by atoms with Gasteiger partial charge in [0.25, 0.3) is 0 Å². The van der Waals surface area contributed by atoms with Crippen molar-refractivity contribution in [3.8, 4) is 0 Å². The van der Waals surface area contributed by atoms with E-state index in [9.17, 15) is 0 Å². The average Bonchev–Trinajstić information content (AvgIpc) is 2.57. The summed E-state index contributed by atoms with van der Waals surface area (Å²) >= 11 is 17.8. The first-order valence-electron chi connectivity index (χ1n) is 8.15. The van der Waals surface area contributed by atoms with E-state index < -0.39 is 0 Å². The lowest BCUT2D eigenvalue weighted by Crippen LogP contribution is -2.31. The van der Waals surface area contributed by atoms with E-state index >= 15 is 0 Å². The van der Waals surface area contributed by atoms with Crippen molar-refractivity contribution in [1.29, 1.82) is 0 Å². The normalized spacial score (nSPS) is 10.5. The van der Waals surface area contributed by atoms with E-state index in [0.717, 1.165) is 30.5 Å². The number of benzene rings is 2. The molecule has 0 bridgehead atoms. The van der Waals surface area contributed by atoms with E-state index in [-0.39, 0.29) is 0 Å². The molecule has 2 N–H and O–H groups in total. The van der Waals surface area contributed by atoms with E-state index in [1.165, 1.54) is 11.1 Å². The van der Waals surface area contributed by atoms with Crippen LogP contribution in [0.2, 0.25) is 10.0 Å². The van der Waals surface area contributed by atoms with Crippen LogP contribution in [0.25, 0.3) is 0 Å². The van der Waals surface area contributed by atoms with E-state index in [2.05, 4.69) is 42.7 Å². The molecule has 0 amide bonds. The molecule has 0 aliphatic rings. The van der Waals surface area contributed by atoms with Crippen molar-refractivity contribution in [2.75, 3.05) is 11.9 Å². The molecule has 5 heteroatoms. The van der Waals surface area contributed by atoms with Crippen LogP contribution in [0.4, 0.5) is 5.69 Å². The highest BCUT2D eigenvalue weighted by molar-refractivity contribution is 7.80. The number of thiocarbonyl (C=S) groups is 1. The van der Waals surface area contributed by atoms with Gasteiger partial charge in [-0.3, -0.25) is 0 Å². The molecule has 0 saturated heterocycles. The molecule has 0 spiro atoms. The van der Waals surface area contributed by atoms with Gasteiger partial charge in [-0.2, -0.15) is 0 Å². The Morgan fingerprint density at radius 3 is 2.04 bits per heavy atom. The molecule has 128 valence electrons. The van der Waals surface area contributed by atoms with Gasteiger partial charge >= 0.3 is 0 Å². The Bertz CT molecular complexity index is 674. The van der Waals surface area contributed by atoms with E-state index in [1.807, 2.05) is 18.2 Å². The molecule has 0 atom stereocenters. The van der Waals surface area contributed by atoms with E-state index in [1.54, 1.807) is 0 Å². The van der Waals surface area contributed by atoms with Gasteiger partial charge in [0, 0.05) is 22.3 Å². The number of hydrogen-bond acceptors (Lipinski definition) is 1. The number of rotatable bonds is 6. The predicted octanol–water partition coefficient (Wildman–Crippen LogP) is 5.65. The van der Waals surface area contributed by atoms with E-state index in [4.69, 9.17) is 35.4 Å². The number of hydrogen-bond donors (Lipinski definition) is 2. The van der Waals surface area contributed by atoms with Gasteiger partial charge in [0.05, 0.1) is 0 Å². The molecule has 0 aromatic heterocycles. The minimum absolute atomic E-state index is 0.619. The summed E-state index contributed by atoms with van der Waals surface area (Å²) < 4.78 is 0. The highest BCUT2D eigenvalue weighted by Gasteiger charge is 2.09. The minimum atomic E-state index is 0.619. The van der Waals surface area contributed by atoms with E-state index in [0.29, 0.717) is 21.7 Å². The number of para-hydroxylation sites is 1. The van der Waals surface area contributed by atoms with Gasteiger partial charge in [-0.1, -0.05) is 61.3 Å². The summed E-state index contributed by atoms with van der Waals surface area (Å²) in [5, 5.41) is 8.59. The molecule has 24 heavy (non-hydrogen) atoms. The molecular weight excluding hydrogens is 359 g/mol. The van der Waals surface area contributed by atoms with Crippen LogP contribution in [0, 0.1) is 0 Å². The van der Waals surface area contributed by atoms with Crippen LogP contribution >= 0.6 is 35.4 Å². The van der Waals surface area contributed by atoms with Crippen LogP contribution in [0.15, 0.2) is 36.4 Å². The SMILES string of the molecule is CCc1cccc(CC)c1NC(=S)NCCc1c(Cl)cccc1Cl. The fourth-order valence-electron chi connectivity index (χ4n) is 2.63. The third-order valence-electron chi connectivity index (χ3n) is 3.96. The van der Waals surface area contributed by atoms with Crippen LogP contribution in [0.1, 0.15) is 30.5 Å². The second-order valence-electron chi connectivity index (χ2n) is 5.49. The van der Waals surface area contributed by atoms with Crippen molar-refractivity contribution in [2.45, 2.75) is 33.1 Å². The number of halogens is 2. The fourth-order valence-corrected chi connectivity index (χ4v) is 3.42. The third-order valence-corrected chi connectivity index (χ3v) is 4.91. The monoisotopic (exact) mass is 380 g/mol. The van der Waals surface area contributed by atoms with Gasteiger partial charge < -0.3 is 10.6 Å². The Morgan fingerprint density at radius 1 is 0.958 bits per heavy atom. The lowest BCUT2D eigenvalue weighted by Gasteiger charge is -2.17. The molecule has 0 aliphatic heterocycles. The summed E-state index contributed by atoms with van der Waals surface area (Å²) in [5.41, 5.74) is 4.61. The third kappa shape index (κ3) is 4.85. The standard InChI is InChI=1S/C19H22Cl2N2S/c1-3-13-7-5-8-14(4-2)18(13)23-19(24)22-12-11-15-16(20)9-6-10-17(15)21/h5-10H,3-4,11-12H2,1-2H3,(H2,22,23,24). The Kier molecular flexibility index (Phi) is 7.35. The van der Waals surface area contributed by atoms with Gasteiger partial charge in [-0.25, -0.2) is 0 Å². The summed E-state index contributed by atoms with van der Waals surface area (Å²) in [6.07, 6.45) is 2.65.